The molecule has 0 saturated carbocycles. The van der Waals surface area contributed by atoms with Crippen molar-refractivity contribution in [3.63, 3.8) is 0 Å². The van der Waals surface area contributed by atoms with Crippen molar-refractivity contribution < 1.29 is 0 Å². The van der Waals surface area contributed by atoms with Gasteiger partial charge < -0.3 is 11.1 Å². The summed E-state index contributed by atoms with van der Waals surface area (Å²) in [5.41, 5.74) is 13.6. The summed E-state index contributed by atoms with van der Waals surface area (Å²) >= 11 is 0. The van der Waals surface area contributed by atoms with Crippen molar-refractivity contribution >= 4 is 5.69 Å². The van der Waals surface area contributed by atoms with Crippen LogP contribution in [0.5, 0.6) is 0 Å². The molecule has 2 heteroatoms. The second-order valence-electron chi connectivity index (χ2n) is 5.59. The van der Waals surface area contributed by atoms with E-state index in [0.29, 0.717) is 6.54 Å². The molecule has 1 unspecified atom stereocenters. The third-order valence-electron chi connectivity index (χ3n) is 3.89. The van der Waals surface area contributed by atoms with Crippen LogP contribution in [-0.4, -0.2) is 6.54 Å². The van der Waals surface area contributed by atoms with Crippen LogP contribution in [0.15, 0.2) is 36.4 Å². The Labute approximate surface area is 122 Å². The first kappa shape index (κ1) is 14.6. The Morgan fingerprint density at radius 1 is 0.900 bits per heavy atom. The lowest BCUT2D eigenvalue weighted by atomic mass is 9.95. The Balaban J connectivity index is 2.28. The van der Waals surface area contributed by atoms with Gasteiger partial charge in [-0.3, -0.25) is 0 Å². The van der Waals surface area contributed by atoms with E-state index in [-0.39, 0.29) is 6.04 Å². The van der Waals surface area contributed by atoms with E-state index in [1.54, 1.807) is 0 Å². The van der Waals surface area contributed by atoms with Gasteiger partial charge in [0.15, 0.2) is 0 Å². The molecule has 0 radical (unpaired) electrons. The summed E-state index contributed by atoms with van der Waals surface area (Å²) in [5, 5.41) is 3.53. The molecule has 2 aromatic rings. The maximum Gasteiger partial charge on any atom is 0.0638 e. The number of hydrogen-bond acceptors (Lipinski definition) is 2. The molecule has 0 aliphatic rings. The standard InChI is InChI=1S/C18H24N2/c1-12-5-7-16(8-6-12)20-18(11-19)17-10-14(3)13(2)9-15(17)4/h5-10,18,20H,11,19H2,1-4H3. The minimum absolute atomic E-state index is 0.150. The van der Waals surface area contributed by atoms with Gasteiger partial charge in [0.05, 0.1) is 6.04 Å². The highest BCUT2D eigenvalue weighted by Gasteiger charge is 2.13. The Bertz CT molecular complexity index is 585. The minimum atomic E-state index is 0.150. The SMILES string of the molecule is Cc1ccc(NC(CN)c2cc(C)c(C)cc2C)cc1. The maximum absolute atomic E-state index is 5.98. The third kappa shape index (κ3) is 3.20. The Morgan fingerprint density at radius 2 is 1.50 bits per heavy atom. The van der Waals surface area contributed by atoms with Crippen LogP contribution in [0.25, 0.3) is 0 Å². The average Bonchev–Trinajstić information content (AvgIpc) is 2.43. The summed E-state index contributed by atoms with van der Waals surface area (Å²) < 4.78 is 0. The van der Waals surface area contributed by atoms with Gasteiger partial charge in [-0.15, -0.1) is 0 Å². The van der Waals surface area contributed by atoms with Gasteiger partial charge in [-0.1, -0.05) is 29.8 Å². The van der Waals surface area contributed by atoms with E-state index in [1.165, 1.54) is 27.8 Å². The number of nitrogens with two attached hydrogens (primary N) is 1. The lowest BCUT2D eigenvalue weighted by Gasteiger charge is -2.22. The van der Waals surface area contributed by atoms with Crippen LogP contribution in [0.1, 0.15) is 33.9 Å². The Hall–Kier alpha value is -1.80. The highest BCUT2D eigenvalue weighted by molar-refractivity contribution is 5.49. The normalized spacial score (nSPS) is 12.2. The number of benzene rings is 2. The van der Waals surface area contributed by atoms with Crippen LogP contribution in [0, 0.1) is 27.7 Å². The summed E-state index contributed by atoms with van der Waals surface area (Å²) in [6.07, 6.45) is 0. The molecule has 0 aliphatic heterocycles. The second kappa shape index (κ2) is 6.10. The molecule has 0 fully saturated rings. The first-order chi connectivity index (χ1) is 9.51. The molecule has 0 spiro atoms. The first-order valence-corrected chi connectivity index (χ1v) is 7.12. The van der Waals surface area contributed by atoms with E-state index in [4.69, 9.17) is 5.73 Å². The van der Waals surface area contributed by atoms with Crippen LogP contribution in [0.4, 0.5) is 5.69 Å². The van der Waals surface area contributed by atoms with E-state index in [1.807, 2.05) is 0 Å². The predicted molar refractivity (Wildman–Crippen MR) is 87.3 cm³/mol. The molecule has 0 saturated heterocycles. The smallest absolute Gasteiger partial charge is 0.0638 e. The van der Waals surface area contributed by atoms with Crippen molar-refractivity contribution in [3.05, 3.63) is 64.2 Å². The molecule has 2 aromatic carbocycles. The quantitative estimate of drug-likeness (QED) is 0.878. The lowest BCUT2D eigenvalue weighted by molar-refractivity contribution is 0.782. The fourth-order valence-corrected chi connectivity index (χ4v) is 2.47. The van der Waals surface area contributed by atoms with Gasteiger partial charge in [0.1, 0.15) is 0 Å². The van der Waals surface area contributed by atoms with Crippen LogP contribution in [0.3, 0.4) is 0 Å². The van der Waals surface area contributed by atoms with Gasteiger partial charge >= 0.3 is 0 Å². The molecule has 0 heterocycles. The number of aryl methyl sites for hydroxylation is 4. The molecular formula is C18H24N2. The topological polar surface area (TPSA) is 38.0 Å². The summed E-state index contributed by atoms with van der Waals surface area (Å²) in [6, 6.07) is 13.1. The largest absolute Gasteiger partial charge is 0.377 e. The highest BCUT2D eigenvalue weighted by atomic mass is 14.9. The van der Waals surface area contributed by atoms with Crippen molar-refractivity contribution in [2.75, 3.05) is 11.9 Å². The van der Waals surface area contributed by atoms with Gasteiger partial charge in [-0.25, -0.2) is 0 Å². The molecule has 20 heavy (non-hydrogen) atoms. The first-order valence-electron chi connectivity index (χ1n) is 7.12. The molecule has 0 amide bonds. The summed E-state index contributed by atoms with van der Waals surface area (Å²) in [4.78, 5) is 0. The highest BCUT2D eigenvalue weighted by Crippen LogP contribution is 2.24. The van der Waals surface area contributed by atoms with Gasteiger partial charge in [0.2, 0.25) is 0 Å². The van der Waals surface area contributed by atoms with Crippen LogP contribution >= 0.6 is 0 Å². The van der Waals surface area contributed by atoms with Crippen molar-refractivity contribution in [1.29, 1.82) is 0 Å². The van der Waals surface area contributed by atoms with Gasteiger partial charge in [-0.2, -0.15) is 0 Å². The molecule has 2 rings (SSSR count). The zero-order valence-electron chi connectivity index (χ0n) is 12.8. The van der Waals surface area contributed by atoms with Crippen molar-refractivity contribution in [3.8, 4) is 0 Å². The van der Waals surface area contributed by atoms with Crippen molar-refractivity contribution in [1.82, 2.24) is 0 Å². The van der Waals surface area contributed by atoms with E-state index in [0.717, 1.165) is 5.69 Å². The van der Waals surface area contributed by atoms with E-state index in [9.17, 15) is 0 Å². The molecule has 0 bridgehead atoms. The number of rotatable bonds is 4. The monoisotopic (exact) mass is 268 g/mol. The number of anilines is 1. The van der Waals surface area contributed by atoms with E-state index < -0.39 is 0 Å². The molecule has 1 atom stereocenters. The fraction of sp³-hybridized carbons (Fsp3) is 0.333. The summed E-state index contributed by atoms with van der Waals surface area (Å²) in [5.74, 6) is 0. The molecule has 106 valence electrons. The van der Waals surface area contributed by atoms with Crippen LogP contribution < -0.4 is 11.1 Å². The zero-order chi connectivity index (χ0) is 14.7. The fourth-order valence-electron chi connectivity index (χ4n) is 2.47. The van der Waals surface area contributed by atoms with Gasteiger partial charge in [0.25, 0.3) is 0 Å². The molecule has 0 aliphatic carbocycles. The molecule has 3 N–H and O–H groups in total. The van der Waals surface area contributed by atoms with Crippen molar-refractivity contribution in [2.45, 2.75) is 33.7 Å². The number of hydrogen-bond donors (Lipinski definition) is 2. The molecule has 2 nitrogen and oxygen atoms in total. The molecular weight excluding hydrogens is 244 g/mol. The second-order valence-corrected chi connectivity index (χ2v) is 5.59. The Kier molecular flexibility index (Phi) is 4.46. The third-order valence-corrected chi connectivity index (χ3v) is 3.89. The van der Waals surface area contributed by atoms with E-state index in [2.05, 4.69) is 69.4 Å². The Morgan fingerprint density at radius 3 is 2.10 bits per heavy atom. The zero-order valence-corrected chi connectivity index (χ0v) is 12.8. The predicted octanol–water partition coefficient (Wildman–Crippen LogP) is 4.03. The van der Waals surface area contributed by atoms with E-state index >= 15 is 0 Å². The van der Waals surface area contributed by atoms with Crippen molar-refractivity contribution in [2.24, 2.45) is 5.73 Å². The van der Waals surface area contributed by atoms with Crippen LogP contribution in [-0.2, 0) is 0 Å². The van der Waals surface area contributed by atoms with Gasteiger partial charge in [0, 0.05) is 12.2 Å². The molecule has 0 aromatic heterocycles. The minimum Gasteiger partial charge on any atom is -0.377 e. The lowest BCUT2D eigenvalue weighted by Crippen LogP contribution is -2.21. The summed E-state index contributed by atoms with van der Waals surface area (Å²) in [6.45, 7) is 9.13. The average molecular weight is 268 g/mol. The van der Waals surface area contributed by atoms with Gasteiger partial charge in [-0.05, 0) is 62.1 Å². The number of nitrogens with one attached hydrogen (secondary N) is 1. The maximum atomic E-state index is 5.98. The summed E-state index contributed by atoms with van der Waals surface area (Å²) in [7, 11) is 0. The van der Waals surface area contributed by atoms with Crippen LogP contribution in [0.2, 0.25) is 0 Å².